The lowest BCUT2D eigenvalue weighted by molar-refractivity contribution is -0.132. The van der Waals surface area contributed by atoms with Crippen LogP contribution in [0.2, 0.25) is 0 Å². The maximum Gasteiger partial charge on any atom is 0.232 e. The van der Waals surface area contributed by atoms with Crippen LogP contribution in [0.4, 0.5) is 0 Å². The number of hydrogen-bond acceptors (Lipinski definition) is 3. The van der Waals surface area contributed by atoms with Gasteiger partial charge in [-0.15, -0.1) is 11.8 Å². The molecule has 84 valence electrons. The van der Waals surface area contributed by atoms with Gasteiger partial charge in [0.2, 0.25) is 5.91 Å². The van der Waals surface area contributed by atoms with Crippen molar-refractivity contribution in [3.8, 4) is 6.07 Å². The van der Waals surface area contributed by atoms with Crippen molar-refractivity contribution in [2.24, 2.45) is 0 Å². The first-order valence-electron chi connectivity index (χ1n) is 5.53. The van der Waals surface area contributed by atoms with Gasteiger partial charge in [-0.3, -0.25) is 4.79 Å². The summed E-state index contributed by atoms with van der Waals surface area (Å²) in [5.41, 5.74) is 0. The number of piperidine rings is 1. The van der Waals surface area contributed by atoms with Crippen molar-refractivity contribution in [2.45, 2.75) is 38.6 Å². The number of likely N-dealkylation sites (tertiary alicyclic amines) is 1. The molecule has 0 unspecified atom stereocenters. The fourth-order valence-corrected chi connectivity index (χ4v) is 2.55. The van der Waals surface area contributed by atoms with Crippen LogP contribution in [-0.2, 0) is 4.79 Å². The molecule has 15 heavy (non-hydrogen) atoms. The molecule has 1 amide bonds. The van der Waals surface area contributed by atoms with Crippen LogP contribution in [0.15, 0.2) is 0 Å². The molecule has 3 nitrogen and oxygen atoms in total. The van der Waals surface area contributed by atoms with Crippen molar-refractivity contribution in [2.75, 3.05) is 18.1 Å². The van der Waals surface area contributed by atoms with Crippen LogP contribution in [0.25, 0.3) is 0 Å². The number of carbonyl (C=O) groups is 1. The third-order valence-corrected chi connectivity index (χ3v) is 3.60. The van der Waals surface area contributed by atoms with E-state index in [1.807, 2.05) is 11.0 Å². The van der Waals surface area contributed by atoms with Gasteiger partial charge in [-0.05, 0) is 25.7 Å². The van der Waals surface area contributed by atoms with Crippen molar-refractivity contribution in [3.63, 3.8) is 0 Å². The van der Waals surface area contributed by atoms with Crippen LogP contribution < -0.4 is 0 Å². The average molecular weight is 226 g/mol. The summed E-state index contributed by atoms with van der Waals surface area (Å²) >= 11 is 1.42. The van der Waals surface area contributed by atoms with Crippen molar-refractivity contribution in [1.29, 1.82) is 5.26 Å². The van der Waals surface area contributed by atoms with Gasteiger partial charge in [0.25, 0.3) is 0 Å². The Bertz CT molecular complexity index is 249. The van der Waals surface area contributed by atoms with Gasteiger partial charge in [0, 0.05) is 12.6 Å². The second kappa shape index (κ2) is 6.73. The van der Waals surface area contributed by atoms with Gasteiger partial charge < -0.3 is 4.90 Å². The first-order chi connectivity index (χ1) is 7.29. The van der Waals surface area contributed by atoms with Crippen LogP contribution in [0.1, 0.15) is 32.6 Å². The third-order valence-electron chi connectivity index (χ3n) is 2.81. The minimum absolute atomic E-state index is 0.210. The van der Waals surface area contributed by atoms with Crippen molar-refractivity contribution in [1.82, 2.24) is 4.90 Å². The molecule has 0 radical (unpaired) electrons. The molecule has 0 aromatic rings. The first-order valence-corrected chi connectivity index (χ1v) is 6.69. The normalized spacial score (nSPS) is 21.1. The van der Waals surface area contributed by atoms with Crippen LogP contribution in [0.3, 0.4) is 0 Å². The molecule has 4 heteroatoms. The Morgan fingerprint density at radius 3 is 3.07 bits per heavy atom. The van der Waals surface area contributed by atoms with Crippen molar-refractivity contribution < 1.29 is 4.79 Å². The number of hydrogen-bond donors (Lipinski definition) is 0. The summed E-state index contributed by atoms with van der Waals surface area (Å²) in [4.78, 5) is 13.8. The smallest absolute Gasteiger partial charge is 0.232 e. The maximum absolute atomic E-state index is 11.8. The quantitative estimate of drug-likeness (QED) is 0.689. The molecule has 0 aliphatic carbocycles. The van der Waals surface area contributed by atoms with E-state index >= 15 is 0 Å². The van der Waals surface area contributed by atoms with Crippen molar-refractivity contribution >= 4 is 17.7 Å². The average Bonchev–Trinajstić information content (AvgIpc) is 2.29. The van der Waals surface area contributed by atoms with E-state index in [4.69, 9.17) is 5.26 Å². The lowest BCUT2D eigenvalue weighted by Crippen LogP contribution is -2.44. The molecular formula is C11H18N2OS. The van der Waals surface area contributed by atoms with Gasteiger partial charge in [0.15, 0.2) is 0 Å². The van der Waals surface area contributed by atoms with Crippen LogP contribution >= 0.6 is 11.8 Å². The van der Waals surface area contributed by atoms with E-state index in [2.05, 4.69) is 6.92 Å². The molecular weight excluding hydrogens is 208 g/mol. The van der Waals surface area contributed by atoms with Crippen LogP contribution in [-0.4, -0.2) is 34.9 Å². The summed E-state index contributed by atoms with van der Waals surface area (Å²) in [6.45, 7) is 3.04. The summed E-state index contributed by atoms with van der Waals surface area (Å²) in [7, 11) is 0. The first kappa shape index (κ1) is 12.4. The Morgan fingerprint density at radius 2 is 2.40 bits per heavy atom. The number of nitriles is 1. The Kier molecular flexibility index (Phi) is 5.56. The van der Waals surface area contributed by atoms with Crippen molar-refractivity contribution in [3.05, 3.63) is 0 Å². The van der Waals surface area contributed by atoms with E-state index in [9.17, 15) is 4.79 Å². The summed E-state index contributed by atoms with van der Waals surface area (Å²) in [5, 5.41) is 8.39. The molecule has 1 atom stereocenters. The zero-order valence-corrected chi connectivity index (χ0v) is 10.1. The number of rotatable bonds is 4. The highest BCUT2D eigenvalue weighted by molar-refractivity contribution is 8.00. The van der Waals surface area contributed by atoms with Gasteiger partial charge in [-0.1, -0.05) is 6.92 Å². The molecule has 0 spiro atoms. The Hall–Kier alpha value is -0.690. The predicted molar refractivity (Wildman–Crippen MR) is 62.6 cm³/mol. The summed E-state index contributed by atoms with van der Waals surface area (Å²) in [6, 6.07) is 2.48. The van der Waals surface area contributed by atoms with Gasteiger partial charge in [0.05, 0.1) is 17.6 Å². The molecule has 0 saturated carbocycles. The van der Waals surface area contributed by atoms with Gasteiger partial charge in [-0.2, -0.15) is 5.26 Å². The lowest BCUT2D eigenvalue weighted by atomic mass is 10.0. The highest BCUT2D eigenvalue weighted by Crippen LogP contribution is 2.20. The molecule has 1 fully saturated rings. The minimum Gasteiger partial charge on any atom is -0.339 e. The lowest BCUT2D eigenvalue weighted by Gasteiger charge is -2.35. The molecule has 0 N–H and O–H groups in total. The molecule has 1 aliphatic rings. The number of thioether (sulfide) groups is 1. The standard InChI is InChI=1S/C11H18N2OS/c1-2-10-5-3-4-7-13(10)11(14)9-15-8-6-12/h10H,2-5,7-9H2,1H3/t10-/m0/s1. The Morgan fingerprint density at radius 1 is 1.60 bits per heavy atom. The second-order valence-corrected chi connectivity index (χ2v) is 4.78. The number of amides is 1. The van der Waals surface area contributed by atoms with Gasteiger partial charge in [0.1, 0.15) is 0 Å². The van der Waals surface area contributed by atoms with Gasteiger partial charge >= 0.3 is 0 Å². The van der Waals surface area contributed by atoms with E-state index < -0.39 is 0 Å². The highest BCUT2D eigenvalue weighted by Gasteiger charge is 2.24. The van der Waals surface area contributed by atoms with E-state index in [0.29, 0.717) is 17.5 Å². The predicted octanol–water partition coefficient (Wildman–Crippen LogP) is 2.03. The molecule has 1 saturated heterocycles. The molecule has 0 bridgehead atoms. The van der Waals surface area contributed by atoms with E-state index in [-0.39, 0.29) is 5.91 Å². The number of carbonyl (C=O) groups excluding carboxylic acids is 1. The van der Waals surface area contributed by atoms with E-state index in [0.717, 1.165) is 25.8 Å². The molecule has 1 rings (SSSR count). The van der Waals surface area contributed by atoms with Crippen LogP contribution in [0, 0.1) is 11.3 Å². The fraction of sp³-hybridized carbons (Fsp3) is 0.818. The van der Waals surface area contributed by atoms with E-state index in [1.54, 1.807) is 0 Å². The second-order valence-electron chi connectivity index (χ2n) is 3.80. The highest BCUT2D eigenvalue weighted by atomic mass is 32.2. The zero-order chi connectivity index (χ0) is 11.1. The topological polar surface area (TPSA) is 44.1 Å². The van der Waals surface area contributed by atoms with Gasteiger partial charge in [-0.25, -0.2) is 0 Å². The Balaban J connectivity index is 2.38. The number of nitrogens with zero attached hydrogens (tertiary/aromatic N) is 2. The molecule has 1 heterocycles. The Labute approximate surface area is 95.8 Å². The maximum atomic E-state index is 11.8. The van der Waals surface area contributed by atoms with Crippen LogP contribution in [0.5, 0.6) is 0 Å². The SMILES string of the molecule is CC[C@H]1CCCCN1C(=O)CSCC#N. The van der Waals surface area contributed by atoms with E-state index in [1.165, 1.54) is 18.2 Å². The monoisotopic (exact) mass is 226 g/mol. The molecule has 1 aliphatic heterocycles. The minimum atomic E-state index is 0.210. The third kappa shape index (κ3) is 3.75. The zero-order valence-electron chi connectivity index (χ0n) is 9.24. The summed E-state index contributed by atoms with van der Waals surface area (Å²) < 4.78 is 0. The largest absolute Gasteiger partial charge is 0.339 e. The summed E-state index contributed by atoms with van der Waals surface area (Å²) in [5.74, 6) is 1.09. The molecule has 0 aromatic heterocycles. The molecule has 0 aromatic carbocycles. The summed E-state index contributed by atoms with van der Waals surface area (Å²) in [6.07, 6.45) is 4.57. The fourth-order valence-electron chi connectivity index (χ4n) is 2.02.